The van der Waals surface area contributed by atoms with Crippen LogP contribution in [0.15, 0.2) is 28.8 Å². The first-order chi connectivity index (χ1) is 7.79. The number of aromatic nitrogens is 2. The van der Waals surface area contributed by atoms with E-state index in [1.807, 2.05) is 6.07 Å². The maximum Gasteiger partial charge on any atom is 0.264 e. The highest BCUT2D eigenvalue weighted by Gasteiger charge is 2.06. The largest absolute Gasteiger partial charge is 0.482 e. The Labute approximate surface area is 92.3 Å². The number of nitriles is 1. The van der Waals surface area contributed by atoms with Crippen molar-refractivity contribution in [2.45, 2.75) is 13.5 Å². The van der Waals surface area contributed by atoms with Gasteiger partial charge in [0, 0.05) is 0 Å². The van der Waals surface area contributed by atoms with Gasteiger partial charge < -0.3 is 9.26 Å². The predicted octanol–water partition coefficient (Wildman–Crippen LogP) is 1.83. The molecule has 0 saturated carbocycles. The molecule has 0 radical (unpaired) electrons. The molecule has 5 heteroatoms. The lowest BCUT2D eigenvalue weighted by Crippen LogP contribution is -1.97. The molecule has 5 nitrogen and oxygen atoms in total. The molecule has 0 fully saturated rings. The molecule has 2 rings (SSSR count). The molecule has 0 spiro atoms. The Morgan fingerprint density at radius 2 is 2.25 bits per heavy atom. The first-order valence-electron chi connectivity index (χ1n) is 4.70. The van der Waals surface area contributed by atoms with Crippen LogP contribution in [0.1, 0.15) is 17.3 Å². The number of aryl methyl sites for hydroxylation is 1. The third-order valence-corrected chi connectivity index (χ3v) is 1.93. The van der Waals surface area contributed by atoms with E-state index < -0.39 is 0 Å². The Hall–Kier alpha value is -2.35. The molecule has 16 heavy (non-hydrogen) atoms. The second kappa shape index (κ2) is 4.45. The summed E-state index contributed by atoms with van der Waals surface area (Å²) in [6.07, 6.45) is 0. The summed E-state index contributed by atoms with van der Waals surface area (Å²) < 4.78 is 10.3. The second-order valence-electron chi connectivity index (χ2n) is 3.13. The molecule has 0 atom stereocenters. The molecule has 0 N–H and O–H groups in total. The maximum atomic E-state index is 8.84. The minimum absolute atomic E-state index is 0.166. The Bertz CT molecular complexity index is 528. The van der Waals surface area contributed by atoms with Gasteiger partial charge in [0.1, 0.15) is 11.8 Å². The third-order valence-electron chi connectivity index (χ3n) is 1.93. The van der Waals surface area contributed by atoms with E-state index in [2.05, 4.69) is 10.1 Å². The molecule has 2 aromatic rings. The summed E-state index contributed by atoms with van der Waals surface area (Å²) in [4.78, 5) is 4.00. The van der Waals surface area contributed by atoms with Crippen LogP contribution in [0.4, 0.5) is 0 Å². The maximum absolute atomic E-state index is 8.84. The highest BCUT2D eigenvalue weighted by atomic mass is 16.5. The van der Waals surface area contributed by atoms with Crippen molar-refractivity contribution in [3.8, 4) is 11.8 Å². The molecule has 0 aliphatic heterocycles. The fourth-order valence-electron chi connectivity index (χ4n) is 1.22. The van der Waals surface area contributed by atoms with E-state index in [1.165, 1.54) is 0 Å². The van der Waals surface area contributed by atoms with Crippen LogP contribution < -0.4 is 4.74 Å². The van der Waals surface area contributed by atoms with Crippen LogP contribution >= 0.6 is 0 Å². The Balaban J connectivity index is 2.08. The normalized spacial score (nSPS) is 9.75. The van der Waals surface area contributed by atoms with Crippen LogP contribution in [-0.4, -0.2) is 10.1 Å². The van der Waals surface area contributed by atoms with Gasteiger partial charge in [-0.25, -0.2) is 0 Å². The van der Waals surface area contributed by atoms with Crippen LogP contribution in [0.3, 0.4) is 0 Å². The summed E-state index contributed by atoms with van der Waals surface area (Å²) in [5.41, 5.74) is 0.485. The molecule has 0 saturated heterocycles. The molecule has 0 unspecified atom stereocenters. The highest BCUT2D eigenvalue weighted by Crippen LogP contribution is 2.17. The van der Waals surface area contributed by atoms with E-state index in [9.17, 15) is 0 Å². The third kappa shape index (κ3) is 2.17. The quantitative estimate of drug-likeness (QED) is 0.780. The van der Waals surface area contributed by atoms with Crippen LogP contribution in [0.2, 0.25) is 0 Å². The topological polar surface area (TPSA) is 71.9 Å². The smallest absolute Gasteiger partial charge is 0.264 e. The fourth-order valence-corrected chi connectivity index (χ4v) is 1.22. The lowest BCUT2D eigenvalue weighted by Gasteiger charge is -2.03. The number of nitrogens with zero attached hydrogens (tertiary/aromatic N) is 3. The van der Waals surface area contributed by atoms with Gasteiger partial charge in [0.05, 0.1) is 5.56 Å². The van der Waals surface area contributed by atoms with E-state index in [0.717, 1.165) is 0 Å². The van der Waals surface area contributed by atoms with Crippen LogP contribution in [0.5, 0.6) is 5.75 Å². The van der Waals surface area contributed by atoms with Crippen molar-refractivity contribution in [2.24, 2.45) is 0 Å². The number of para-hydroxylation sites is 1. The van der Waals surface area contributed by atoms with Crippen molar-refractivity contribution in [1.82, 2.24) is 10.1 Å². The summed E-state index contributed by atoms with van der Waals surface area (Å²) in [6.45, 7) is 1.90. The molecule has 1 heterocycles. The fraction of sp³-hybridized carbons (Fsp3) is 0.182. The number of hydrogen-bond acceptors (Lipinski definition) is 5. The van der Waals surface area contributed by atoms with Crippen LogP contribution in [0.25, 0.3) is 0 Å². The number of hydrogen-bond donors (Lipinski definition) is 0. The van der Waals surface area contributed by atoms with Gasteiger partial charge in [-0.1, -0.05) is 17.3 Å². The standard InChI is InChI=1S/C11H9N3O2/c1-8-13-11(16-14-8)7-15-10-5-3-2-4-9(10)6-12/h2-5H,7H2,1H3. The SMILES string of the molecule is Cc1noc(COc2ccccc2C#N)n1. The summed E-state index contributed by atoms with van der Waals surface area (Å²) in [6, 6.07) is 9.04. The molecular weight excluding hydrogens is 206 g/mol. The van der Waals surface area contributed by atoms with Gasteiger partial charge in [-0.15, -0.1) is 0 Å². The molecular formula is C11H9N3O2. The number of benzene rings is 1. The average Bonchev–Trinajstić information content (AvgIpc) is 2.73. The lowest BCUT2D eigenvalue weighted by atomic mass is 10.2. The van der Waals surface area contributed by atoms with Crippen molar-refractivity contribution < 1.29 is 9.26 Å². The number of ether oxygens (including phenoxy) is 1. The van der Waals surface area contributed by atoms with Gasteiger partial charge in [-0.2, -0.15) is 10.2 Å². The second-order valence-corrected chi connectivity index (χ2v) is 3.13. The van der Waals surface area contributed by atoms with Crippen molar-refractivity contribution in [2.75, 3.05) is 0 Å². The zero-order chi connectivity index (χ0) is 11.4. The first-order valence-corrected chi connectivity index (χ1v) is 4.70. The zero-order valence-electron chi connectivity index (χ0n) is 8.67. The Kier molecular flexibility index (Phi) is 2.83. The van der Waals surface area contributed by atoms with Gasteiger partial charge >= 0.3 is 0 Å². The van der Waals surface area contributed by atoms with E-state index in [-0.39, 0.29) is 6.61 Å². The first kappa shape index (κ1) is 10.2. The summed E-state index contributed by atoms with van der Waals surface area (Å²) in [5, 5.41) is 12.5. The van der Waals surface area contributed by atoms with Gasteiger partial charge in [0.15, 0.2) is 12.4 Å². The monoisotopic (exact) mass is 215 g/mol. The summed E-state index contributed by atoms with van der Waals surface area (Å²) in [5.74, 6) is 1.47. The molecule has 80 valence electrons. The molecule has 0 aliphatic carbocycles. The summed E-state index contributed by atoms with van der Waals surface area (Å²) in [7, 11) is 0. The van der Waals surface area contributed by atoms with Crippen molar-refractivity contribution in [3.63, 3.8) is 0 Å². The summed E-state index contributed by atoms with van der Waals surface area (Å²) >= 11 is 0. The minimum atomic E-state index is 0.166. The van der Waals surface area contributed by atoms with Crippen molar-refractivity contribution >= 4 is 0 Å². The molecule has 0 amide bonds. The minimum Gasteiger partial charge on any atom is -0.482 e. The molecule has 1 aromatic heterocycles. The van der Waals surface area contributed by atoms with Gasteiger partial charge in [0.25, 0.3) is 5.89 Å². The average molecular weight is 215 g/mol. The molecule has 1 aromatic carbocycles. The van der Waals surface area contributed by atoms with E-state index in [4.69, 9.17) is 14.5 Å². The van der Waals surface area contributed by atoms with Gasteiger partial charge in [0.2, 0.25) is 0 Å². The number of rotatable bonds is 3. The highest BCUT2D eigenvalue weighted by molar-refractivity contribution is 5.42. The van der Waals surface area contributed by atoms with E-state index in [1.54, 1.807) is 31.2 Å². The van der Waals surface area contributed by atoms with Crippen LogP contribution in [-0.2, 0) is 6.61 Å². The van der Waals surface area contributed by atoms with Gasteiger partial charge in [-0.05, 0) is 19.1 Å². The molecule has 0 bridgehead atoms. The van der Waals surface area contributed by atoms with E-state index in [0.29, 0.717) is 23.0 Å². The lowest BCUT2D eigenvalue weighted by molar-refractivity contribution is 0.242. The van der Waals surface area contributed by atoms with Gasteiger partial charge in [-0.3, -0.25) is 0 Å². The van der Waals surface area contributed by atoms with Crippen molar-refractivity contribution in [3.05, 3.63) is 41.5 Å². The zero-order valence-corrected chi connectivity index (χ0v) is 8.67. The molecule has 0 aliphatic rings. The predicted molar refractivity (Wildman–Crippen MR) is 54.5 cm³/mol. The van der Waals surface area contributed by atoms with Crippen LogP contribution in [0, 0.1) is 18.3 Å². The Morgan fingerprint density at radius 3 is 2.94 bits per heavy atom. The Morgan fingerprint density at radius 1 is 1.44 bits per heavy atom. The van der Waals surface area contributed by atoms with E-state index >= 15 is 0 Å². The van der Waals surface area contributed by atoms with Crippen molar-refractivity contribution in [1.29, 1.82) is 5.26 Å².